The van der Waals surface area contributed by atoms with E-state index in [2.05, 4.69) is 0 Å². The van der Waals surface area contributed by atoms with Crippen molar-refractivity contribution in [1.29, 1.82) is 0 Å². The fourth-order valence-corrected chi connectivity index (χ4v) is 1.65. The first-order valence-corrected chi connectivity index (χ1v) is 6.54. The number of carbonyl (C=O) groups is 1. The summed E-state index contributed by atoms with van der Waals surface area (Å²) in [5.41, 5.74) is 0. The van der Waals surface area contributed by atoms with E-state index >= 15 is 0 Å². The van der Waals surface area contributed by atoms with Crippen molar-refractivity contribution in [2.75, 3.05) is 24.7 Å². The maximum absolute atomic E-state index is 11.3. The zero-order chi connectivity index (χ0) is 12.5. The molecule has 0 aromatic heterocycles. The van der Waals surface area contributed by atoms with E-state index in [1.165, 1.54) is 11.8 Å². The third-order valence-electron chi connectivity index (χ3n) is 1.82. The van der Waals surface area contributed by atoms with Crippen molar-refractivity contribution in [2.45, 2.75) is 6.92 Å². The van der Waals surface area contributed by atoms with E-state index in [4.69, 9.17) is 14.6 Å². The van der Waals surface area contributed by atoms with E-state index in [-0.39, 0.29) is 18.3 Å². The molecule has 0 unspecified atom stereocenters. The van der Waals surface area contributed by atoms with Gasteiger partial charge in [-0.1, -0.05) is 0 Å². The molecule has 0 aliphatic carbocycles. The van der Waals surface area contributed by atoms with Crippen molar-refractivity contribution >= 4 is 17.7 Å². The summed E-state index contributed by atoms with van der Waals surface area (Å²) >= 11 is 1.34. The monoisotopic (exact) mass is 256 g/mol. The molecule has 0 saturated heterocycles. The molecule has 1 aromatic carbocycles. The molecule has 0 aliphatic rings. The Morgan fingerprint density at radius 1 is 1.29 bits per heavy atom. The Morgan fingerprint density at radius 3 is 2.53 bits per heavy atom. The lowest BCUT2D eigenvalue weighted by atomic mass is 10.3. The Labute approximate surface area is 105 Å². The molecule has 0 amide bonds. The van der Waals surface area contributed by atoms with Crippen LogP contribution in [0.4, 0.5) is 0 Å². The molecular weight excluding hydrogens is 240 g/mol. The average molecular weight is 256 g/mol. The Morgan fingerprint density at radius 2 is 1.94 bits per heavy atom. The second-order valence-corrected chi connectivity index (χ2v) is 4.26. The van der Waals surface area contributed by atoms with Crippen LogP contribution in [0.15, 0.2) is 24.3 Å². The van der Waals surface area contributed by atoms with Gasteiger partial charge in [0.15, 0.2) is 0 Å². The van der Waals surface area contributed by atoms with Crippen molar-refractivity contribution in [3.05, 3.63) is 24.3 Å². The summed E-state index contributed by atoms with van der Waals surface area (Å²) in [6.07, 6.45) is 0. The second kappa shape index (κ2) is 7.97. The largest absolute Gasteiger partial charge is 0.494 e. The van der Waals surface area contributed by atoms with Gasteiger partial charge in [0.2, 0.25) is 0 Å². The summed E-state index contributed by atoms with van der Waals surface area (Å²) in [6, 6.07) is 6.90. The van der Waals surface area contributed by atoms with Crippen LogP contribution in [0.25, 0.3) is 0 Å². The number of thioether (sulfide) groups is 1. The number of aliphatic hydroxyl groups excluding tert-OH is 1. The quantitative estimate of drug-likeness (QED) is 0.457. The van der Waals surface area contributed by atoms with Crippen LogP contribution in [0.3, 0.4) is 0 Å². The van der Waals surface area contributed by atoms with Gasteiger partial charge < -0.3 is 14.6 Å². The summed E-state index contributed by atoms with van der Waals surface area (Å²) in [5, 5.41) is 8.56. The van der Waals surface area contributed by atoms with Gasteiger partial charge in [-0.2, -0.15) is 0 Å². The smallest absolute Gasteiger partial charge is 0.321 e. The zero-order valence-electron chi connectivity index (χ0n) is 9.72. The van der Waals surface area contributed by atoms with Gasteiger partial charge in [-0.25, -0.2) is 0 Å². The Kier molecular flexibility index (Phi) is 6.50. The van der Waals surface area contributed by atoms with Gasteiger partial charge in [0.25, 0.3) is 0 Å². The fourth-order valence-electron chi connectivity index (χ4n) is 1.15. The van der Waals surface area contributed by atoms with Gasteiger partial charge >= 0.3 is 5.97 Å². The molecule has 1 N–H and O–H groups in total. The van der Waals surface area contributed by atoms with E-state index in [1.807, 2.05) is 6.92 Å². The number of esters is 1. The summed E-state index contributed by atoms with van der Waals surface area (Å²) in [5.74, 6) is 1.73. The van der Waals surface area contributed by atoms with E-state index in [1.54, 1.807) is 24.3 Å². The van der Waals surface area contributed by atoms with Crippen molar-refractivity contribution in [2.24, 2.45) is 0 Å². The van der Waals surface area contributed by atoms with Crippen LogP contribution in [0.1, 0.15) is 6.92 Å². The molecule has 5 heteroatoms. The first kappa shape index (κ1) is 13.9. The Hall–Kier alpha value is -1.20. The molecule has 0 spiro atoms. The average Bonchev–Trinajstić information content (AvgIpc) is 2.32. The Bertz CT molecular complexity index is 337. The molecule has 0 aliphatic heterocycles. The number of hydrogen-bond acceptors (Lipinski definition) is 5. The van der Waals surface area contributed by atoms with Crippen molar-refractivity contribution in [3.63, 3.8) is 0 Å². The third kappa shape index (κ3) is 5.60. The summed E-state index contributed by atoms with van der Waals surface area (Å²) in [7, 11) is 0. The van der Waals surface area contributed by atoms with Crippen LogP contribution in [0.5, 0.6) is 11.5 Å². The predicted molar refractivity (Wildman–Crippen MR) is 67.7 cm³/mol. The third-order valence-corrected chi connectivity index (χ3v) is 2.73. The number of benzene rings is 1. The minimum atomic E-state index is -0.312. The highest BCUT2D eigenvalue weighted by molar-refractivity contribution is 7.99. The van der Waals surface area contributed by atoms with Crippen molar-refractivity contribution in [1.82, 2.24) is 0 Å². The van der Waals surface area contributed by atoms with Crippen LogP contribution >= 0.6 is 11.8 Å². The molecule has 0 fully saturated rings. The van der Waals surface area contributed by atoms with Gasteiger partial charge in [-0.05, 0) is 31.2 Å². The van der Waals surface area contributed by atoms with Gasteiger partial charge in [0.1, 0.15) is 11.5 Å². The normalized spacial score (nSPS) is 10.0. The number of carbonyl (C=O) groups excluding carboxylic acids is 1. The summed E-state index contributed by atoms with van der Waals surface area (Å²) in [6.45, 7) is 2.59. The highest BCUT2D eigenvalue weighted by Crippen LogP contribution is 2.18. The molecule has 0 heterocycles. The highest BCUT2D eigenvalue weighted by Gasteiger charge is 2.04. The molecule has 17 heavy (non-hydrogen) atoms. The van der Waals surface area contributed by atoms with Gasteiger partial charge in [-0.15, -0.1) is 11.8 Å². The minimum absolute atomic E-state index is 0.0704. The second-order valence-electron chi connectivity index (χ2n) is 3.15. The van der Waals surface area contributed by atoms with Crippen LogP contribution in [0, 0.1) is 0 Å². The molecule has 1 aromatic rings. The summed E-state index contributed by atoms with van der Waals surface area (Å²) in [4.78, 5) is 11.3. The summed E-state index contributed by atoms with van der Waals surface area (Å²) < 4.78 is 10.4. The molecule has 94 valence electrons. The van der Waals surface area contributed by atoms with Gasteiger partial charge in [0, 0.05) is 5.75 Å². The molecule has 0 saturated carbocycles. The highest BCUT2D eigenvalue weighted by atomic mass is 32.2. The lowest BCUT2D eigenvalue weighted by molar-refractivity contribution is -0.131. The molecule has 1 rings (SSSR count). The van der Waals surface area contributed by atoms with E-state index in [9.17, 15) is 4.79 Å². The molecule has 0 atom stereocenters. The first-order chi connectivity index (χ1) is 8.26. The van der Waals surface area contributed by atoms with Crippen molar-refractivity contribution < 1.29 is 19.4 Å². The van der Waals surface area contributed by atoms with E-state index in [0.717, 1.165) is 5.75 Å². The maximum Gasteiger partial charge on any atom is 0.321 e. The molecule has 4 nitrogen and oxygen atoms in total. The van der Waals surface area contributed by atoms with Crippen LogP contribution in [-0.2, 0) is 4.79 Å². The van der Waals surface area contributed by atoms with Crippen LogP contribution in [-0.4, -0.2) is 35.8 Å². The van der Waals surface area contributed by atoms with E-state index in [0.29, 0.717) is 18.1 Å². The minimum Gasteiger partial charge on any atom is -0.494 e. The number of hydrogen-bond donors (Lipinski definition) is 1. The van der Waals surface area contributed by atoms with Crippen molar-refractivity contribution in [3.8, 4) is 11.5 Å². The Balaban J connectivity index is 2.37. The lowest BCUT2D eigenvalue weighted by Crippen LogP contribution is -2.11. The predicted octanol–water partition coefficient (Wildman–Crippen LogP) is 1.72. The van der Waals surface area contributed by atoms with Crippen LogP contribution < -0.4 is 9.47 Å². The van der Waals surface area contributed by atoms with Gasteiger partial charge in [-0.3, -0.25) is 4.79 Å². The number of aliphatic hydroxyl groups is 1. The molecular formula is C12H16O4S. The number of rotatable bonds is 7. The topological polar surface area (TPSA) is 55.8 Å². The van der Waals surface area contributed by atoms with Crippen LogP contribution in [0.2, 0.25) is 0 Å². The zero-order valence-corrected chi connectivity index (χ0v) is 10.5. The maximum atomic E-state index is 11.3. The van der Waals surface area contributed by atoms with E-state index < -0.39 is 0 Å². The SMILES string of the molecule is CCOc1ccc(OC(=O)CSCCO)cc1. The van der Waals surface area contributed by atoms with Gasteiger partial charge in [0.05, 0.1) is 19.0 Å². The standard InChI is InChI=1S/C12H16O4S/c1-2-15-10-3-5-11(6-4-10)16-12(14)9-17-8-7-13/h3-6,13H,2,7-9H2,1H3. The fraction of sp³-hybridized carbons (Fsp3) is 0.417. The molecule has 0 bridgehead atoms. The first-order valence-electron chi connectivity index (χ1n) is 5.38. The molecule has 0 radical (unpaired) electrons. The lowest BCUT2D eigenvalue weighted by Gasteiger charge is -2.05. The number of ether oxygens (including phenoxy) is 2.